The molecule has 0 saturated carbocycles. The largest absolute Gasteiger partial charge is 0.379 e. The molecule has 1 fully saturated rings. The van der Waals surface area contributed by atoms with Crippen molar-refractivity contribution in [2.24, 2.45) is 0 Å². The third-order valence-electron chi connectivity index (χ3n) is 3.65. The van der Waals surface area contributed by atoms with Gasteiger partial charge < -0.3 is 10.1 Å². The number of hydrogen-bond donors (Lipinski definition) is 1. The van der Waals surface area contributed by atoms with Crippen LogP contribution < -0.4 is 5.32 Å². The number of halogens is 1. The first-order chi connectivity index (χ1) is 10.2. The number of nitrogens with one attached hydrogen (secondary N) is 1. The maximum absolute atomic E-state index is 6.18. The van der Waals surface area contributed by atoms with Crippen LogP contribution in [0.5, 0.6) is 0 Å². The number of aromatic nitrogens is 2. The van der Waals surface area contributed by atoms with Crippen LogP contribution in [0.2, 0.25) is 5.15 Å². The van der Waals surface area contributed by atoms with Gasteiger partial charge in [0.15, 0.2) is 0 Å². The van der Waals surface area contributed by atoms with Crippen molar-refractivity contribution >= 4 is 17.4 Å². The van der Waals surface area contributed by atoms with Gasteiger partial charge in [-0.1, -0.05) is 18.5 Å². The van der Waals surface area contributed by atoms with Gasteiger partial charge in [0.2, 0.25) is 0 Å². The maximum Gasteiger partial charge on any atom is 0.137 e. The molecule has 0 aromatic carbocycles. The zero-order chi connectivity index (χ0) is 15.1. The van der Waals surface area contributed by atoms with Gasteiger partial charge in [-0.15, -0.1) is 0 Å². The van der Waals surface area contributed by atoms with E-state index in [4.69, 9.17) is 16.3 Å². The van der Waals surface area contributed by atoms with Crippen molar-refractivity contribution in [3.05, 3.63) is 16.5 Å². The van der Waals surface area contributed by atoms with Gasteiger partial charge in [0.1, 0.15) is 16.8 Å². The molecule has 0 aliphatic carbocycles. The van der Waals surface area contributed by atoms with Gasteiger partial charge in [-0.05, 0) is 26.3 Å². The zero-order valence-electron chi connectivity index (χ0n) is 13.0. The highest BCUT2D eigenvalue weighted by atomic mass is 35.5. The molecule has 0 spiro atoms. The fraction of sp³-hybridized carbons (Fsp3) is 0.733. The summed E-state index contributed by atoms with van der Waals surface area (Å²) in [6.45, 7) is 9.86. The molecule has 1 saturated heterocycles. The summed E-state index contributed by atoms with van der Waals surface area (Å²) in [5.41, 5.74) is 0.933. The Hall–Kier alpha value is -0.910. The van der Waals surface area contributed by atoms with Crippen LogP contribution >= 0.6 is 11.6 Å². The molecule has 1 aliphatic heterocycles. The summed E-state index contributed by atoms with van der Waals surface area (Å²) in [4.78, 5) is 11.3. The molecule has 21 heavy (non-hydrogen) atoms. The Labute approximate surface area is 132 Å². The van der Waals surface area contributed by atoms with Gasteiger partial charge in [-0.3, -0.25) is 4.90 Å². The van der Waals surface area contributed by atoms with Gasteiger partial charge in [0.25, 0.3) is 0 Å². The molecule has 0 radical (unpaired) electrons. The van der Waals surface area contributed by atoms with E-state index in [1.165, 1.54) is 0 Å². The van der Waals surface area contributed by atoms with Gasteiger partial charge in [-0.25, -0.2) is 9.97 Å². The molecule has 0 unspecified atom stereocenters. The highest BCUT2D eigenvalue weighted by Crippen LogP contribution is 2.20. The van der Waals surface area contributed by atoms with Crippen molar-refractivity contribution in [3.63, 3.8) is 0 Å². The van der Waals surface area contributed by atoms with E-state index in [-0.39, 0.29) is 0 Å². The first-order valence-electron chi connectivity index (χ1n) is 7.77. The molecule has 6 heteroatoms. The second kappa shape index (κ2) is 8.51. The fourth-order valence-electron chi connectivity index (χ4n) is 2.37. The van der Waals surface area contributed by atoms with Crippen LogP contribution in [-0.4, -0.2) is 54.3 Å². The van der Waals surface area contributed by atoms with Crippen LogP contribution in [-0.2, 0) is 11.2 Å². The first-order valence-corrected chi connectivity index (χ1v) is 8.15. The van der Waals surface area contributed by atoms with Crippen molar-refractivity contribution < 1.29 is 4.74 Å². The summed E-state index contributed by atoms with van der Waals surface area (Å²) >= 11 is 6.18. The van der Waals surface area contributed by atoms with E-state index in [0.29, 0.717) is 5.15 Å². The van der Waals surface area contributed by atoms with E-state index in [2.05, 4.69) is 27.1 Å². The summed E-state index contributed by atoms with van der Waals surface area (Å²) < 4.78 is 5.35. The minimum Gasteiger partial charge on any atom is -0.379 e. The summed E-state index contributed by atoms with van der Waals surface area (Å²) in [7, 11) is 0. The van der Waals surface area contributed by atoms with Gasteiger partial charge in [0.05, 0.1) is 13.2 Å². The lowest BCUT2D eigenvalue weighted by molar-refractivity contribution is 0.0378. The quantitative estimate of drug-likeness (QED) is 0.619. The lowest BCUT2D eigenvalue weighted by Crippen LogP contribution is -2.37. The van der Waals surface area contributed by atoms with Gasteiger partial charge >= 0.3 is 0 Å². The van der Waals surface area contributed by atoms with Crippen LogP contribution in [0.25, 0.3) is 0 Å². The predicted molar refractivity (Wildman–Crippen MR) is 86.1 cm³/mol. The van der Waals surface area contributed by atoms with Crippen LogP contribution in [0.1, 0.15) is 31.2 Å². The highest BCUT2D eigenvalue weighted by molar-refractivity contribution is 6.30. The fourth-order valence-corrected chi connectivity index (χ4v) is 2.56. The Morgan fingerprint density at radius 2 is 2.05 bits per heavy atom. The maximum atomic E-state index is 6.18. The molecular weight excluding hydrogens is 288 g/mol. The Bertz CT molecular complexity index is 450. The van der Waals surface area contributed by atoms with E-state index < -0.39 is 0 Å². The normalized spacial score (nSPS) is 16.1. The average molecular weight is 313 g/mol. The number of anilines is 1. The number of rotatable bonds is 7. The van der Waals surface area contributed by atoms with E-state index in [1.54, 1.807) is 0 Å². The van der Waals surface area contributed by atoms with Crippen LogP contribution in [0.4, 0.5) is 5.82 Å². The van der Waals surface area contributed by atoms with Gasteiger partial charge in [-0.2, -0.15) is 0 Å². The van der Waals surface area contributed by atoms with E-state index in [9.17, 15) is 0 Å². The lowest BCUT2D eigenvalue weighted by atomic mass is 10.3. The molecule has 0 atom stereocenters. The molecule has 1 aromatic rings. The predicted octanol–water partition coefficient (Wildman–Crippen LogP) is 2.53. The Morgan fingerprint density at radius 1 is 1.29 bits per heavy atom. The van der Waals surface area contributed by atoms with Crippen molar-refractivity contribution in [2.75, 3.05) is 44.7 Å². The minimum atomic E-state index is 0.559. The number of morpholine rings is 1. The third-order valence-corrected chi connectivity index (χ3v) is 4.02. The third kappa shape index (κ3) is 5.09. The number of hydrogen-bond acceptors (Lipinski definition) is 5. The molecule has 0 amide bonds. The van der Waals surface area contributed by atoms with E-state index in [0.717, 1.165) is 75.9 Å². The van der Waals surface area contributed by atoms with E-state index in [1.807, 2.05) is 6.92 Å². The highest BCUT2D eigenvalue weighted by Gasteiger charge is 2.11. The molecule has 2 rings (SSSR count). The van der Waals surface area contributed by atoms with E-state index >= 15 is 0 Å². The topological polar surface area (TPSA) is 50.3 Å². The minimum absolute atomic E-state index is 0.559. The van der Waals surface area contributed by atoms with Gasteiger partial charge in [0, 0.05) is 31.6 Å². The second-order valence-electron chi connectivity index (χ2n) is 5.39. The molecule has 0 bridgehead atoms. The molecule has 1 aromatic heterocycles. The van der Waals surface area contributed by atoms with Crippen LogP contribution in [0, 0.1) is 6.92 Å². The van der Waals surface area contributed by atoms with Crippen LogP contribution in [0.15, 0.2) is 0 Å². The molecule has 1 N–H and O–H groups in total. The Balaban J connectivity index is 1.81. The number of ether oxygens (including phenoxy) is 1. The molecular formula is C15H25ClN4O. The average Bonchev–Trinajstić information content (AvgIpc) is 2.49. The first kappa shape index (κ1) is 16.5. The molecule has 2 heterocycles. The summed E-state index contributed by atoms with van der Waals surface area (Å²) in [6.07, 6.45) is 2.97. The second-order valence-corrected chi connectivity index (χ2v) is 5.75. The van der Waals surface area contributed by atoms with Crippen molar-refractivity contribution in [1.82, 2.24) is 14.9 Å². The summed E-state index contributed by atoms with van der Waals surface area (Å²) in [6, 6.07) is 0. The van der Waals surface area contributed by atoms with Crippen LogP contribution in [0.3, 0.4) is 0 Å². The van der Waals surface area contributed by atoms with Crippen molar-refractivity contribution in [2.45, 2.75) is 33.1 Å². The Morgan fingerprint density at radius 3 is 2.76 bits per heavy atom. The van der Waals surface area contributed by atoms with Crippen molar-refractivity contribution in [3.8, 4) is 0 Å². The standard InChI is InChI=1S/C15H25ClN4O/c1-3-5-13-18-14(16)12(2)15(19-13)17-6-4-7-20-8-10-21-11-9-20/h3-11H2,1-2H3,(H,17,18,19). The monoisotopic (exact) mass is 312 g/mol. The van der Waals surface area contributed by atoms with Crippen molar-refractivity contribution in [1.29, 1.82) is 0 Å². The molecule has 118 valence electrons. The Kier molecular flexibility index (Phi) is 6.67. The smallest absolute Gasteiger partial charge is 0.137 e. The summed E-state index contributed by atoms with van der Waals surface area (Å²) in [5, 5.41) is 3.96. The summed E-state index contributed by atoms with van der Waals surface area (Å²) in [5.74, 6) is 1.70. The number of nitrogens with zero attached hydrogens (tertiary/aromatic N) is 3. The molecule has 5 nitrogen and oxygen atoms in total. The molecule has 1 aliphatic rings. The SMILES string of the molecule is CCCc1nc(Cl)c(C)c(NCCCN2CCOCC2)n1. The zero-order valence-corrected chi connectivity index (χ0v) is 13.7. The number of aryl methyl sites for hydroxylation is 1. The lowest BCUT2D eigenvalue weighted by Gasteiger charge is -2.26.